The van der Waals surface area contributed by atoms with Crippen LogP contribution in [0.2, 0.25) is 0 Å². The largest absolute Gasteiger partial charge is 0.388 e. The SMILES string of the molecule is CCNC(=NCc1c(C)nn(C)c1C)NCC(O)(CC)CC.I. The summed E-state index contributed by atoms with van der Waals surface area (Å²) in [4.78, 5) is 4.62. The quantitative estimate of drug-likeness (QED) is 0.348. The molecule has 7 heteroatoms. The summed E-state index contributed by atoms with van der Waals surface area (Å²) in [5.74, 6) is 0.727. The molecule has 23 heavy (non-hydrogen) atoms. The van der Waals surface area contributed by atoms with Crippen LogP contribution in [0.25, 0.3) is 0 Å². The number of aromatic nitrogens is 2. The van der Waals surface area contributed by atoms with E-state index in [2.05, 4.69) is 27.6 Å². The number of guanidine groups is 1. The maximum atomic E-state index is 10.4. The molecule has 3 N–H and O–H groups in total. The Hall–Kier alpha value is -0.830. The van der Waals surface area contributed by atoms with E-state index in [1.54, 1.807) is 0 Å². The van der Waals surface area contributed by atoms with Gasteiger partial charge in [-0.3, -0.25) is 4.68 Å². The van der Waals surface area contributed by atoms with Gasteiger partial charge in [-0.2, -0.15) is 5.10 Å². The molecule has 134 valence electrons. The molecule has 0 radical (unpaired) electrons. The van der Waals surface area contributed by atoms with Crippen LogP contribution in [-0.4, -0.2) is 39.5 Å². The third-order valence-corrected chi connectivity index (χ3v) is 4.30. The van der Waals surface area contributed by atoms with E-state index in [4.69, 9.17) is 0 Å². The minimum atomic E-state index is -0.684. The standard InChI is InChI=1S/C16H31N5O.HI/c1-7-16(22,8-2)11-19-15(17-9-3)18-10-14-12(4)20-21(6)13(14)5;/h22H,7-11H2,1-6H3,(H2,17,18,19);1H. The first-order chi connectivity index (χ1) is 10.4. The van der Waals surface area contributed by atoms with Gasteiger partial charge in [0.25, 0.3) is 0 Å². The van der Waals surface area contributed by atoms with E-state index in [1.807, 2.05) is 39.4 Å². The maximum Gasteiger partial charge on any atom is 0.191 e. The molecule has 1 aromatic rings. The third kappa shape index (κ3) is 6.29. The molecule has 0 saturated carbocycles. The summed E-state index contributed by atoms with van der Waals surface area (Å²) in [5.41, 5.74) is 2.62. The lowest BCUT2D eigenvalue weighted by Crippen LogP contribution is -2.46. The van der Waals surface area contributed by atoms with Gasteiger partial charge >= 0.3 is 0 Å². The predicted octanol–water partition coefficient (Wildman–Crippen LogP) is 2.26. The topological polar surface area (TPSA) is 74.5 Å². The average Bonchev–Trinajstić information content (AvgIpc) is 2.75. The number of hydrogen-bond donors (Lipinski definition) is 3. The summed E-state index contributed by atoms with van der Waals surface area (Å²) in [6.07, 6.45) is 1.44. The van der Waals surface area contributed by atoms with E-state index in [0.29, 0.717) is 13.1 Å². The highest BCUT2D eigenvalue weighted by molar-refractivity contribution is 14.0. The zero-order valence-electron chi connectivity index (χ0n) is 15.2. The minimum Gasteiger partial charge on any atom is -0.388 e. The van der Waals surface area contributed by atoms with Crippen LogP contribution < -0.4 is 10.6 Å². The van der Waals surface area contributed by atoms with Crippen molar-refractivity contribution in [2.75, 3.05) is 13.1 Å². The van der Waals surface area contributed by atoms with Gasteiger partial charge in [-0.15, -0.1) is 24.0 Å². The van der Waals surface area contributed by atoms with Gasteiger partial charge in [-0.25, -0.2) is 4.99 Å². The Kier molecular flexibility index (Phi) is 9.76. The third-order valence-electron chi connectivity index (χ3n) is 4.30. The van der Waals surface area contributed by atoms with Crippen LogP contribution in [0.1, 0.15) is 50.6 Å². The Morgan fingerprint density at radius 3 is 2.26 bits per heavy atom. The molecule has 0 aliphatic heterocycles. The second kappa shape index (κ2) is 10.1. The van der Waals surface area contributed by atoms with Gasteiger partial charge in [0.05, 0.1) is 17.8 Å². The zero-order chi connectivity index (χ0) is 16.8. The Morgan fingerprint density at radius 2 is 1.83 bits per heavy atom. The van der Waals surface area contributed by atoms with Crippen LogP contribution in [0.5, 0.6) is 0 Å². The summed E-state index contributed by atoms with van der Waals surface area (Å²) < 4.78 is 1.88. The molecule has 1 aromatic heterocycles. The molecule has 0 amide bonds. The van der Waals surface area contributed by atoms with Gasteiger partial charge in [0.1, 0.15) is 0 Å². The summed E-state index contributed by atoms with van der Waals surface area (Å²) in [5, 5.41) is 21.2. The fraction of sp³-hybridized carbons (Fsp3) is 0.750. The van der Waals surface area contributed by atoms with Gasteiger partial charge < -0.3 is 15.7 Å². The van der Waals surface area contributed by atoms with Crippen LogP contribution in [0.15, 0.2) is 4.99 Å². The zero-order valence-corrected chi connectivity index (χ0v) is 17.6. The van der Waals surface area contributed by atoms with Crippen LogP contribution in [-0.2, 0) is 13.6 Å². The fourth-order valence-corrected chi connectivity index (χ4v) is 2.29. The molecule has 0 aliphatic carbocycles. The first-order valence-electron chi connectivity index (χ1n) is 8.10. The van der Waals surface area contributed by atoms with E-state index < -0.39 is 5.60 Å². The van der Waals surface area contributed by atoms with Crippen LogP contribution in [0.4, 0.5) is 0 Å². The number of rotatable bonds is 7. The van der Waals surface area contributed by atoms with Crippen LogP contribution in [0, 0.1) is 13.8 Å². The molecule has 0 atom stereocenters. The van der Waals surface area contributed by atoms with E-state index >= 15 is 0 Å². The van der Waals surface area contributed by atoms with E-state index in [9.17, 15) is 5.11 Å². The van der Waals surface area contributed by atoms with Gasteiger partial charge in [-0.1, -0.05) is 13.8 Å². The normalized spacial score (nSPS) is 12.0. The molecule has 0 saturated heterocycles. The molecule has 0 aromatic carbocycles. The second-order valence-electron chi connectivity index (χ2n) is 5.75. The van der Waals surface area contributed by atoms with Gasteiger partial charge in [0, 0.05) is 31.4 Å². The predicted molar refractivity (Wildman–Crippen MR) is 106 cm³/mol. The van der Waals surface area contributed by atoms with Crippen molar-refractivity contribution >= 4 is 29.9 Å². The van der Waals surface area contributed by atoms with Crippen LogP contribution >= 0.6 is 24.0 Å². The summed E-state index contributed by atoms with van der Waals surface area (Å²) >= 11 is 0. The van der Waals surface area contributed by atoms with Crippen molar-refractivity contribution in [3.8, 4) is 0 Å². The van der Waals surface area contributed by atoms with E-state index in [1.165, 1.54) is 0 Å². The molecule has 0 spiro atoms. The molecule has 6 nitrogen and oxygen atoms in total. The number of hydrogen-bond acceptors (Lipinski definition) is 3. The van der Waals surface area contributed by atoms with Crippen molar-refractivity contribution in [3.05, 3.63) is 17.0 Å². The highest BCUT2D eigenvalue weighted by Gasteiger charge is 2.22. The lowest BCUT2D eigenvalue weighted by molar-refractivity contribution is 0.0367. The molecule has 0 aliphatic rings. The van der Waals surface area contributed by atoms with Crippen molar-refractivity contribution in [2.45, 2.75) is 59.6 Å². The number of nitrogens with one attached hydrogen (secondary N) is 2. The lowest BCUT2D eigenvalue weighted by atomic mass is 9.98. The highest BCUT2D eigenvalue weighted by Crippen LogP contribution is 2.14. The molecular weight excluding hydrogens is 405 g/mol. The molecule has 0 unspecified atom stereocenters. The van der Waals surface area contributed by atoms with E-state index in [-0.39, 0.29) is 24.0 Å². The molecule has 0 bridgehead atoms. The van der Waals surface area contributed by atoms with Gasteiger partial charge in [0.2, 0.25) is 0 Å². The first-order valence-corrected chi connectivity index (χ1v) is 8.10. The Bertz CT molecular complexity index is 509. The van der Waals surface area contributed by atoms with E-state index in [0.717, 1.165) is 42.3 Å². The molecule has 0 fully saturated rings. The molecule has 1 rings (SSSR count). The van der Waals surface area contributed by atoms with Crippen molar-refractivity contribution in [3.63, 3.8) is 0 Å². The molecule has 1 heterocycles. The van der Waals surface area contributed by atoms with Crippen molar-refractivity contribution in [2.24, 2.45) is 12.0 Å². The van der Waals surface area contributed by atoms with Crippen molar-refractivity contribution in [1.29, 1.82) is 0 Å². The number of aryl methyl sites for hydroxylation is 2. The number of aliphatic imine (C=N–C) groups is 1. The smallest absolute Gasteiger partial charge is 0.191 e. The summed E-state index contributed by atoms with van der Waals surface area (Å²) in [6.45, 7) is 11.9. The average molecular weight is 437 g/mol. The Balaban J connectivity index is 0.00000484. The first kappa shape index (κ1) is 22.2. The maximum absolute atomic E-state index is 10.4. The number of aliphatic hydroxyl groups is 1. The second-order valence-corrected chi connectivity index (χ2v) is 5.75. The highest BCUT2D eigenvalue weighted by atomic mass is 127. The van der Waals surface area contributed by atoms with Gasteiger partial charge in [-0.05, 0) is 33.6 Å². The van der Waals surface area contributed by atoms with Gasteiger partial charge in [0.15, 0.2) is 5.96 Å². The Morgan fingerprint density at radius 1 is 1.22 bits per heavy atom. The van der Waals surface area contributed by atoms with Crippen molar-refractivity contribution < 1.29 is 5.11 Å². The summed E-state index contributed by atoms with van der Waals surface area (Å²) in [6, 6.07) is 0. The monoisotopic (exact) mass is 437 g/mol. The van der Waals surface area contributed by atoms with Crippen molar-refractivity contribution in [1.82, 2.24) is 20.4 Å². The number of nitrogens with zero attached hydrogens (tertiary/aromatic N) is 3. The minimum absolute atomic E-state index is 0. The van der Waals surface area contributed by atoms with Crippen LogP contribution in [0.3, 0.4) is 0 Å². The summed E-state index contributed by atoms with van der Waals surface area (Å²) in [7, 11) is 1.95. The lowest BCUT2D eigenvalue weighted by Gasteiger charge is -2.26. The Labute approximate surface area is 157 Å². The number of halogens is 1. The fourth-order valence-electron chi connectivity index (χ4n) is 2.29. The molecular formula is C16H32IN5O.